The molecule has 2 aromatic carbocycles. The Morgan fingerprint density at radius 2 is 2.03 bits per heavy atom. The van der Waals surface area contributed by atoms with E-state index in [9.17, 15) is 9.59 Å². The quantitative estimate of drug-likeness (QED) is 0.241. The summed E-state index contributed by atoms with van der Waals surface area (Å²) in [4.78, 5) is 28.9. The van der Waals surface area contributed by atoms with Gasteiger partial charge in [-0.25, -0.2) is 9.78 Å². The molecule has 0 aliphatic rings. The summed E-state index contributed by atoms with van der Waals surface area (Å²) in [5, 5.41) is 5.99. The van der Waals surface area contributed by atoms with Gasteiger partial charge < -0.3 is 13.9 Å². The first-order valence-electron chi connectivity index (χ1n) is 11.1. The number of hydrogen-bond acceptors (Lipinski definition) is 7. The summed E-state index contributed by atoms with van der Waals surface area (Å²) in [7, 11) is 0. The molecular weight excluding hydrogens is 452 g/mol. The van der Waals surface area contributed by atoms with Crippen molar-refractivity contribution in [3.05, 3.63) is 69.9 Å². The van der Waals surface area contributed by atoms with Crippen molar-refractivity contribution in [1.29, 1.82) is 0 Å². The normalized spacial score (nSPS) is 11.9. The minimum absolute atomic E-state index is 0.330. The van der Waals surface area contributed by atoms with Crippen LogP contribution < -0.4 is 20.4 Å². The van der Waals surface area contributed by atoms with Gasteiger partial charge >= 0.3 is 5.63 Å². The lowest BCUT2D eigenvalue weighted by molar-refractivity contribution is -0.122. The number of thiazole rings is 1. The van der Waals surface area contributed by atoms with Crippen LogP contribution in [0.5, 0.6) is 11.5 Å². The van der Waals surface area contributed by atoms with E-state index in [-0.39, 0.29) is 5.91 Å². The number of aryl methyl sites for hydroxylation is 1. The van der Waals surface area contributed by atoms with Gasteiger partial charge in [0.05, 0.1) is 12.3 Å². The molecule has 8 heteroatoms. The average molecular weight is 479 g/mol. The molecule has 0 aliphatic carbocycles. The van der Waals surface area contributed by atoms with E-state index in [1.807, 2.05) is 36.6 Å². The summed E-state index contributed by atoms with van der Waals surface area (Å²) in [6, 6.07) is 14.4. The van der Waals surface area contributed by atoms with Crippen LogP contribution in [0.3, 0.4) is 0 Å². The number of carbonyl (C=O) groups excluding carboxylic acids is 1. The summed E-state index contributed by atoms with van der Waals surface area (Å²) in [6.45, 7) is 6.29. The molecule has 1 atom stereocenters. The summed E-state index contributed by atoms with van der Waals surface area (Å²) in [5.41, 5.74) is 2.49. The Morgan fingerprint density at radius 3 is 2.85 bits per heavy atom. The van der Waals surface area contributed by atoms with Gasteiger partial charge in [0.15, 0.2) is 11.2 Å². The molecule has 0 fully saturated rings. The number of nitrogens with one attached hydrogen (secondary N) is 1. The lowest BCUT2D eigenvalue weighted by Crippen LogP contribution is -2.30. The van der Waals surface area contributed by atoms with Crippen LogP contribution in [-0.4, -0.2) is 23.6 Å². The molecule has 176 valence electrons. The van der Waals surface area contributed by atoms with Gasteiger partial charge in [-0.3, -0.25) is 10.1 Å². The molecular formula is C26H26N2O5S. The first-order chi connectivity index (χ1) is 16.4. The maximum Gasteiger partial charge on any atom is 0.336 e. The van der Waals surface area contributed by atoms with Crippen LogP contribution in [0.1, 0.15) is 32.3 Å². The van der Waals surface area contributed by atoms with Gasteiger partial charge in [0, 0.05) is 28.5 Å². The average Bonchev–Trinajstić information content (AvgIpc) is 3.27. The highest BCUT2D eigenvalue weighted by Gasteiger charge is 2.17. The number of carbonyl (C=O) groups is 1. The number of anilines is 1. The second-order valence-electron chi connectivity index (χ2n) is 7.92. The highest BCUT2D eigenvalue weighted by molar-refractivity contribution is 7.14. The number of ether oxygens (including phenoxy) is 2. The Kier molecular flexibility index (Phi) is 7.27. The number of fused-ring (bicyclic) bond motifs is 1. The van der Waals surface area contributed by atoms with Crippen molar-refractivity contribution in [3.63, 3.8) is 0 Å². The maximum absolute atomic E-state index is 12.7. The van der Waals surface area contributed by atoms with Gasteiger partial charge in [-0.15, -0.1) is 11.3 Å². The van der Waals surface area contributed by atoms with E-state index < -0.39 is 11.7 Å². The van der Waals surface area contributed by atoms with Gasteiger partial charge in [-0.05, 0) is 50.1 Å². The number of amides is 1. The summed E-state index contributed by atoms with van der Waals surface area (Å²) >= 11 is 1.34. The topological polar surface area (TPSA) is 90.7 Å². The Hall–Kier alpha value is -3.65. The van der Waals surface area contributed by atoms with E-state index in [4.69, 9.17) is 13.9 Å². The van der Waals surface area contributed by atoms with E-state index in [0.717, 1.165) is 40.8 Å². The van der Waals surface area contributed by atoms with E-state index in [0.29, 0.717) is 23.1 Å². The van der Waals surface area contributed by atoms with Gasteiger partial charge in [0.25, 0.3) is 5.91 Å². The van der Waals surface area contributed by atoms with Crippen molar-refractivity contribution in [2.24, 2.45) is 0 Å². The van der Waals surface area contributed by atoms with E-state index in [1.165, 1.54) is 17.4 Å². The van der Waals surface area contributed by atoms with Crippen molar-refractivity contribution in [3.8, 4) is 22.8 Å². The fourth-order valence-electron chi connectivity index (χ4n) is 3.39. The highest BCUT2D eigenvalue weighted by Crippen LogP contribution is 2.28. The molecule has 2 heterocycles. The fraction of sp³-hybridized carbons (Fsp3) is 0.269. The van der Waals surface area contributed by atoms with Crippen LogP contribution in [0.4, 0.5) is 5.13 Å². The number of nitrogens with zero attached hydrogens (tertiary/aromatic N) is 1. The number of aromatic nitrogens is 1. The zero-order valence-corrected chi connectivity index (χ0v) is 20.1. The molecule has 0 radical (unpaired) electrons. The highest BCUT2D eigenvalue weighted by atomic mass is 32.1. The Morgan fingerprint density at radius 1 is 1.18 bits per heavy atom. The zero-order valence-electron chi connectivity index (χ0n) is 19.3. The largest absolute Gasteiger partial charge is 0.494 e. The number of hydrogen-bond donors (Lipinski definition) is 1. The van der Waals surface area contributed by atoms with Crippen LogP contribution in [0, 0.1) is 6.92 Å². The molecule has 1 N–H and O–H groups in total. The maximum atomic E-state index is 12.7. The van der Waals surface area contributed by atoms with Crippen LogP contribution in [-0.2, 0) is 4.79 Å². The molecule has 4 aromatic rings. The summed E-state index contributed by atoms with van der Waals surface area (Å²) < 4.78 is 16.8. The zero-order chi connectivity index (χ0) is 24.1. The summed E-state index contributed by atoms with van der Waals surface area (Å²) in [5.74, 6) is 0.903. The molecule has 0 aliphatic heterocycles. The molecule has 0 bridgehead atoms. The third-order valence-corrected chi connectivity index (χ3v) is 5.99. The molecule has 0 unspecified atom stereocenters. The van der Waals surface area contributed by atoms with Crippen LogP contribution in [0.2, 0.25) is 0 Å². The number of rotatable bonds is 9. The van der Waals surface area contributed by atoms with Gasteiger partial charge in [0.2, 0.25) is 0 Å². The molecule has 34 heavy (non-hydrogen) atoms. The van der Waals surface area contributed by atoms with Crippen molar-refractivity contribution >= 4 is 33.3 Å². The lowest BCUT2D eigenvalue weighted by atomic mass is 10.1. The van der Waals surface area contributed by atoms with Gasteiger partial charge in [-0.1, -0.05) is 25.5 Å². The number of unbranched alkanes of at least 4 members (excludes halogenated alkanes) is 1. The van der Waals surface area contributed by atoms with Crippen LogP contribution in [0.25, 0.3) is 22.2 Å². The molecule has 7 nitrogen and oxygen atoms in total. The Labute approximate surface area is 201 Å². The van der Waals surface area contributed by atoms with Crippen molar-refractivity contribution in [1.82, 2.24) is 4.98 Å². The van der Waals surface area contributed by atoms with Gasteiger partial charge in [0.1, 0.15) is 17.1 Å². The lowest BCUT2D eigenvalue weighted by Gasteiger charge is -2.14. The summed E-state index contributed by atoms with van der Waals surface area (Å²) in [6.07, 6.45) is 1.30. The van der Waals surface area contributed by atoms with Crippen LogP contribution in [0.15, 0.2) is 63.1 Å². The fourth-order valence-corrected chi connectivity index (χ4v) is 4.11. The third kappa shape index (κ3) is 5.63. The molecule has 0 spiro atoms. The Bertz CT molecular complexity index is 1360. The smallest absolute Gasteiger partial charge is 0.336 e. The monoisotopic (exact) mass is 478 g/mol. The van der Waals surface area contributed by atoms with E-state index in [2.05, 4.69) is 17.2 Å². The Balaban J connectivity index is 1.40. The first kappa shape index (κ1) is 23.5. The van der Waals surface area contributed by atoms with E-state index in [1.54, 1.807) is 25.1 Å². The van der Waals surface area contributed by atoms with Crippen molar-refractivity contribution < 1.29 is 18.7 Å². The second-order valence-corrected chi connectivity index (χ2v) is 8.78. The van der Waals surface area contributed by atoms with Gasteiger partial charge in [-0.2, -0.15) is 0 Å². The number of benzene rings is 2. The minimum atomic E-state index is -0.781. The third-order valence-electron chi connectivity index (χ3n) is 5.24. The van der Waals surface area contributed by atoms with Crippen molar-refractivity contribution in [2.45, 2.75) is 39.7 Å². The minimum Gasteiger partial charge on any atom is -0.494 e. The predicted octanol–water partition coefficient (Wildman–Crippen LogP) is 5.81. The molecule has 0 saturated carbocycles. The van der Waals surface area contributed by atoms with Crippen LogP contribution >= 0.6 is 11.3 Å². The first-order valence-corrected chi connectivity index (χ1v) is 12.0. The molecule has 2 aromatic heterocycles. The molecule has 1 amide bonds. The SMILES string of the molecule is CCCCOc1cccc(-c2csc(NC(=O)[C@@H](C)Oc3ccc4c(C)cc(=O)oc4c3)n2)c1. The predicted molar refractivity (Wildman–Crippen MR) is 134 cm³/mol. The van der Waals surface area contributed by atoms with Crippen molar-refractivity contribution in [2.75, 3.05) is 11.9 Å². The molecule has 4 rings (SSSR count). The second kappa shape index (κ2) is 10.5. The standard InChI is InChI=1S/C26H26N2O5S/c1-4-5-11-31-19-8-6-7-18(13-19)22-15-34-26(27-22)28-25(30)17(3)32-20-9-10-21-16(2)12-24(29)33-23(21)14-20/h6-10,12-15,17H,4-5,11H2,1-3H3,(H,27,28,30)/t17-/m1/s1. The molecule has 0 saturated heterocycles. The van der Waals surface area contributed by atoms with E-state index >= 15 is 0 Å².